The van der Waals surface area contributed by atoms with Crippen LogP contribution < -0.4 is 10.6 Å². The minimum Gasteiger partial charge on any atom is -0.465 e. The molecule has 1 aromatic rings. The van der Waals surface area contributed by atoms with Crippen LogP contribution in [0.3, 0.4) is 0 Å². The number of hydrogen-bond donors (Lipinski definition) is 1. The molecule has 2 N–H and O–H groups in total. The van der Waals surface area contributed by atoms with E-state index in [2.05, 4.69) is 0 Å². The Balaban J connectivity index is 2.42. The van der Waals surface area contributed by atoms with Crippen molar-refractivity contribution in [1.82, 2.24) is 0 Å². The number of amides is 1. The van der Waals surface area contributed by atoms with Gasteiger partial charge in [0.15, 0.2) is 0 Å². The third-order valence-electron chi connectivity index (χ3n) is 2.70. The summed E-state index contributed by atoms with van der Waals surface area (Å²) in [6, 6.07) is 4.79. The number of anilines is 2. The molecule has 0 saturated carbocycles. The molecule has 1 heterocycles. The van der Waals surface area contributed by atoms with Gasteiger partial charge in [0.2, 0.25) is 0 Å². The van der Waals surface area contributed by atoms with Gasteiger partial charge < -0.3 is 20.1 Å². The molecule has 0 aliphatic carbocycles. The summed E-state index contributed by atoms with van der Waals surface area (Å²) in [6.07, 6.45) is 0. The van der Waals surface area contributed by atoms with Gasteiger partial charge in [-0.15, -0.1) is 0 Å². The van der Waals surface area contributed by atoms with Gasteiger partial charge >= 0.3 is 5.97 Å². The van der Waals surface area contributed by atoms with E-state index in [1.165, 1.54) is 18.1 Å². The maximum atomic E-state index is 11.8. The van der Waals surface area contributed by atoms with Crippen LogP contribution in [0.15, 0.2) is 18.2 Å². The van der Waals surface area contributed by atoms with E-state index in [0.717, 1.165) is 0 Å². The third kappa shape index (κ3) is 2.28. The molecule has 2 rings (SSSR count). The van der Waals surface area contributed by atoms with Crippen LogP contribution in [0.4, 0.5) is 11.4 Å². The normalized spacial score (nSPS) is 15.6. The Bertz CT molecular complexity index is 487. The van der Waals surface area contributed by atoms with Crippen molar-refractivity contribution in [3.8, 4) is 0 Å². The number of methoxy groups -OCH3 is 1. The average molecular weight is 250 g/mol. The molecule has 1 saturated heterocycles. The largest absolute Gasteiger partial charge is 0.465 e. The summed E-state index contributed by atoms with van der Waals surface area (Å²) in [5.74, 6) is -0.701. The molecular formula is C12H14N2O4. The summed E-state index contributed by atoms with van der Waals surface area (Å²) in [6.45, 7) is 0.870. The van der Waals surface area contributed by atoms with Gasteiger partial charge in [-0.05, 0) is 18.2 Å². The fourth-order valence-corrected chi connectivity index (χ4v) is 1.84. The van der Waals surface area contributed by atoms with Gasteiger partial charge in [-0.1, -0.05) is 0 Å². The van der Waals surface area contributed by atoms with Crippen LogP contribution in [0.25, 0.3) is 0 Å². The number of nitrogens with two attached hydrogens (primary N) is 1. The first-order chi connectivity index (χ1) is 8.63. The maximum Gasteiger partial charge on any atom is 0.340 e. The number of carbonyl (C=O) groups excluding carboxylic acids is 2. The number of rotatable bonds is 2. The summed E-state index contributed by atoms with van der Waals surface area (Å²) in [5.41, 5.74) is 6.88. The summed E-state index contributed by atoms with van der Waals surface area (Å²) >= 11 is 0. The first kappa shape index (κ1) is 12.4. The van der Waals surface area contributed by atoms with Crippen LogP contribution in [0.2, 0.25) is 0 Å². The Morgan fingerprint density at radius 3 is 2.94 bits per heavy atom. The Labute approximate surface area is 104 Å². The molecule has 1 aliphatic rings. The molecule has 1 amide bonds. The highest BCUT2D eigenvalue weighted by molar-refractivity contribution is 6.03. The van der Waals surface area contributed by atoms with E-state index in [1.54, 1.807) is 12.1 Å². The zero-order valence-electron chi connectivity index (χ0n) is 10.0. The number of nitrogen functional groups attached to an aromatic ring is 1. The van der Waals surface area contributed by atoms with Crippen LogP contribution in [-0.4, -0.2) is 38.7 Å². The number of carbonyl (C=O) groups is 2. The van der Waals surface area contributed by atoms with Crippen LogP contribution >= 0.6 is 0 Å². The molecular weight excluding hydrogens is 236 g/mol. The number of morpholine rings is 1. The van der Waals surface area contributed by atoms with Gasteiger partial charge in [0.25, 0.3) is 5.91 Å². The van der Waals surface area contributed by atoms with E-state index in [-0.39, 0.29) is 18.1 Å². The lowest BCUT2D eigenvalue weighted by Crippen LogP contribution is -2.42. The lowest BCUT2D eigenvalue weighted by molar-refractivity contribution is -0.125. The summed E-state index contributed by atoms with van der Waals surface area (Å²) in [7, 11) is 1.29. The van der Waals surface area contributed by atoms with E-state index in [9.17, 15) is 9.59 Å². The molecule has 0 atom stereocenters. The van der Waals surface area contributed by atoms with Crippen LogP contribution in [0.1, 0.15) is 10.4 Å². The van der Waals surface area contributed by atoms with Gasteiger partial charge in [0.05, 0.1) is 25.0 Å². The van der Waals surface area contributed by atoms with Gasteiger partial charge in [0.1, 0.15) is 6.61 Å². The average Bonchev–Trinajstić information content (AvgIpc) is 2.39. The van der Waals surface area contributed by atoms with Crippen molar-refractivity contribution in [3.63, 3.8) is 0 Å². The van der Waals surface area contributed by atoms with E-state index in [4.69, 9.17) is 15.2 Å². The van der Waals surface area contributed by atoms with Gasteiger partial charge in [-0.2, -0.15) is 0 Å². The number of esters is 1. The molecule has 0 radical (unpaired) electrons. The summed E-state index contributed by atoms with van der Waals surface area (Å²) in [4.78, 5) is 25.0. The standard InChI is InChI=1S/C12H14N2O4/c1-17-12(16)9-6-8(13)2-3-10(9)14-4-5-18-7-11(14)15/h2-3,6H,4-5,7,13H2,1H3. The molecule has 0 bridgehead atoms. The minimum absolute atomic E-state index is 0.0188. The van der Waals surface area contributed by atoms with Crippen LogP contribution in [-0.2, 0) is 14.3 Å². The summed E-state index contributed by atoms with van der Waals surface area (Å²) in [5, 5.41) is 0. The molecule has 0 unspecified atom stereocenters. The van der Waals surface area contributed by atoms with E-state index in [1.807, 2.05) is 0 Å². The second kappa shape index (κ2) is 5.05. The molecule has 1 aliphatic heterocycles. The van der Waals surface area contributed by atoms with E-state index >= 15 is 0 Å². The SMILES string of the molecule is COC(=O)c1cc(N)ccc1N1CCOCC1=O. The van der Waals surface area contributed by atoms with E-state index < -0.39 is 5.97 Å². The Morgan fingerprint density at radius 1 is 1.50 bits per heavy atom. The number of ether oxygens (including phenoxy) is 2. The number of benzene rings is 1. The third-order valence-corrected chi connectivity index (χ3v) is 2.70. The molecule has 0 spiro atoms. The molecule has 1 fully saturated rings. The first-order valence-corrected chi connectivity index (χ1v) is 5.49. The van der Waals surface area contributed by atoms with Gasteiger partial charge in [0, 0.05) is 12.2 Å². The van der Waals surface area contributed by atoms with E-state index in [0.29, 0.717) is 24.5 Å². The lowest BCUT2D eigenvalue weighted by Gasteiger charge is -2.28. The van der Waals surface area contributed by atoms with Crippen molar-refractivity contribution in [1.29, 1.82) is 0 Å². The predicted molar refractivity (Wildman–Crippen MR) is 65.4 cm³/mol. The van der Waals surface area contributed by atoms with Crippen LogP contribution in [0.5, 0.6) is 0 Å². The zero-order chi connectivity index (χ0) is 13.1. The molecule has 6 heteroatoms. The maximum absolute atomic E-state index is 11.8. The highest BCUT2D eigenvalue weighted by Gasteiger charge is 2.25. The molecule has 1 aromatic carbocycles. The first-order valence-electron chi connectivity index (χ1n) is 5.49. The lowest BCUT2D eigenvalue weighted by atomic mass is 10.1. The van der Waals surface area contributed by atoms with Crippen molar-refractivity contribution >= 4 is 23.3 Å². The van der Waals surface area contributed by atoms with Crippen molar-refractivity contribution in [3.05, 3.63) is 23.8 Å². The fraction of sp³-hybridized carbons (Fsp3) is 0.333. The van der Waals surface area contributed by atoms with Gasteiger partial charge in [-0.3, -0.25) is 4.79 Å². The van der Waals surface area contributed by atoms with Crippen molar-refractivity contribution in [2.45, 2.75) is 0 Å². The predicted octanol–water partition coefficient (Wildman–Crippen LogP) is 0.419. The molecule has 18 heavy (non-hydrogen) atoms. The number of hydrogen-bond acceptors (Lipinski definition) is 5. The van der Waals surface area contributed by atoms with Crippen molar-refractivity contribution in [2.75, 3.05) is 37.5 Å². The van der Waals surface area contributed by atoms with Gasteiger partial charge in [-0.25, -0.2) is 4.79 Å². The second-order valence-electron chi connectivity index (χ2n) is 3.87. The second-order valence-corrected chi connectivity index (χ2v) is 3.87. The molecule has 6 nitrogen and oxygen atoms in total. The minimum atomic E-state index is -0.517. The highest BCUT2D eigenvalue weighted by Crippen LogP contribution is 2.25. The fourth-order valence-electron chi connectivity index (χ4n) is 1.84. The Morgan fingerprint density at radius 2 is 2.28 bits per heavy atom. The Kier molecular flexibility index (Phi) is 3.47. The smallest absolute Gasteiger partial charge is 0.340 e. The quantitative estimate of drug-likeness (QED) is 0.607. The molecule has 0 aromatic heterocycles. The molecule has 96 valence electrons. The number of nitrogens with zero attached hydrogens (tertiary/aromatic N) is 1. The van der Waals surface area contributed by atoms with Crippen LogP contribution in [0, 0.1) is 0 Å². The highest BCUT2D eigenvalue weighted by atomic mass is 16.5. The Hall–Kier alpha value is -2.08. The topological polar surface area (TPSA) is 81.9 Å². The van der Waals surface area contributed by atoms with Crippen molar-refractivity contribution < 1.29 is 19.1 Å². The van der Waals surface area contributed by atoms with Crippen molar-refractivity contribution in [2.24, 2.45) is 0 Å². The zero-order valence-corrected chi connectivity index (χ0v) is 10.0. The monoisotopic (exact) mass is 250 g/mol. The summed E-state index contributed by atoms with van der Waals surface area (Å²) < 4.78 is 9.75.